The number of hydrazine groups is 1. The lowest BCUT2D eigenvalue weighted by Gasteiger charge is -2.18. The van der Waals surface area contributed by atoms with E-state index < -0.39 is 0 Å². The quantitative estimate of drug-likeness (QED) is 0.421. The van der Waals surface area contributed by atoms with Crippen LogP contribution >= 0.6 is 50.1 Å². The number of halogens is 3. The highest BCUT2D eigenvalue weighted by Gasteiger charge is 2.15. The molecule has 0 aliphatic carbocycles. The molecule has 3 N–H and O–H groups in total. The Labute approximate surface area is 139 Å². The fraction of sp³-hybridized carbons (Fsp3) is 0.154. The van der Waals surface area contributed by atoms with Gasteiger partial charge in [-0.25, -0.2) is 0 Å². The molecule has 0 saturated heterocycles. The molecule has 0 bridgehead atoms. The summed E-state index contributed by atoms with van der Waals surface area (Å²) in [6.07, 6.45) is 2.49. The molecule has 0 radical (unpaired) electrons. The zero-order chi connectivity index (χ0) is 13.8. The van der Waals surface area contributed by atoms with E-state index in [9.17, 15) is 0 Å². The molecule has 1 heterocycles. The summed E-state index contributed by atoms with van der Waals surface area (Å²) in [5.41, 5.74) is 4.89. The van der Waals surface area contributed by atoms with Gasteiger partial charge >= 0.3 is 0 Å². The van der Waals surface area contributed by atoms with Crippen molar-refractivity contribution in [2.75, 3.05) is 0 Å². The fourth-order valence-electron chi connectivity index (χ4n) is 1.78. The van der Waals surface area contributed by atoms with Gasteiger partial charge in [0, 0.05) is 31.4 Å². The van der Waals surface area contributed by atoms with Crippen LogP contribution in [-0.4, -0.2) is 4.98 Å². The molecule has 0 amide bonds. The average Bonchev–Trinajstić information content (AvgIpc) is 2.41. The molecular formula is C13H12BrClIN3. The average molecular weight is 453 g/mol. The smallest absolute Gasteiger partial charge is 0.0526 e. The van der Waals surface area contributed by atoms with Crippen molar-refractivity contribution < 1.29 is 0 Å². The normalized spacial score (nSPS) is 12.4. The second-order valence-electron chi connectivity index (χ2n) is 4.06. The Morgan fingerprint density at radius 3 is 2.79 bits per heavy atom. The molecule has 1 aromatic carbocycles. The molecule has 100 valence electrons. The van der Waals surface area contributed by atoms with Crippen molar-refractivity contribution in [3.05, 3.63) is 60.9 Å². The van der Waals surface area contributed by atoms with E-state index in [1.807, 2.05) is 30.3 Å². The maximum absolute atomic E-state index is 6.05. The Kier molecular flexibility index (Phi) is 5.58. The Morgan fingerprint density at radius 1 is 1.37 bits per heavy atom. The first kappa shape index (κ1) is 15.2. The monoisotopic (exact) mass is 451 g/mol. The number of hydrogen-bond acceptors (Lipinski definition) is 3. The largest absolute Gasteiger partial charge is 0.271 e. The minimum absolute atomic E-state index is 0.0146. The number of hydrogen-bond donors (Lipinski definition) is 2. The van der Waals surface area contributed by atoms with Gasteiger partial charge in [0.1, 0.15) is 0 Å². The molecule has 19 heavy (non-hydrogen) atoms. The van der Waals surface area contributed by atoms with Gasteiger partial charge < -0.3 is 0 Å². The van der Waals surface area contributed by atoms with E-state index in [1.54, 1.807) is 6.20 Å². The van der Waals surface area contributed by atoms with E-state index in [0.717, 1.165) is 19.3 Å². The maximum Gasteiger partial charge on any atom is 0.0526 e. The fourth-order valence-corrected chi connectivity index (χ4v) is 2.90. The molecule has 6 heteroatoms. The van der Waals surface area contributed by atoms with Crippen LogP contribution < -0.4 is 11.3 Å². The number of aromatic nitrogens is 1. The van der Waals surface area contributed by atoms with Crippen molar-refractivity contribution in [1.82, 2.24) is 10.4 Å². The van der Waals surface area contributed by atoms with Crippen molar-refractivity contribution in [3.63, 3.8) is 0 Å². The number of rotatable bonds is 4. The summed E-state index contributed by atoms with van der Waals surface area (Å²) in [7, 11) is 0. The zero-order valence-electron chi connectivity index (χ0n) is 9.91. The Bertz CT molecular complexity index is 562. The number of nitrogens with one attached hydrogen (secondary N) is 1. The minimum atomic E-state index is -0.0146. The minimum Gasteiger partial charge on any atom is -0.271 e. The lowest BCUT2D eigenvalue weighted by Crippen LogP contribution is -2.30. The summed E-state index contributed by atoms with van der Waals surface area (Å²) in [6, 6.07) is 9.73. The molecule has 1 unspecified atom stereocenters. The zero-order valence-corrected chi connectivity index (χ0v) is 14.4. The van der Waals surface area contributed by atoms with Gasteiger partial charge in [0.25, 0.3) is 0 Å². The van der Waals surface area contributed by atoms with Crippen LogP contribution in [0.5, 0.6) is 0 Å². The lowest BCUT2D eigenvalue weighted by molar-refractivity contribution is 0.544. The summed E-state index contributed by atoms with van der Waals surface area (Å²) in [6.45, 7) is 0. The Hall–Kier alpha value is -0.210. The van der Waals surface area contributed by atoms with E-state index in [1.165, 1.54) is 0 Å². The molecule has 3 nitrogen and oxygen atoms in total. The standard InChI is InChI=1S/C13H12BrClIN3/c14-8-1-3-10(18-7-8)6-13(19-17)11-5-9(15)2-4-12(11)16/h1-5,7,13,19H,6,17H2. The van der Waals surface area contributed by atoms with Gasteiger partial charge in [0.15, 0.2) is 0 Å². The highest BCUT2D eigenvalue weighted by atomic mass is 127. The molecule has 0 spiro atoms. The molecule has 0 fully saturated rings. The van der Waals surface area contributed by atoms with Gasteiger partial charge in [-0.3, -0.25) is 16.3 Å². The van der Waals surface area contributed by atoms with Crippen molar-refractivity contribution in [2.24, 2.45) is 5.84 Å². The summed E-state index contributed by atoms with van der Waals surface area (Å²) >= 11 is 11.7. The van der Waals surface area contributed by atoms with Gasteiger partial charge in [0.2, 0.25) is 0 Å². The van der Waals surface area contributed by atoms with E-state index in [2.05, 4.69) is 48.9 Å². The van der Waals surface area contributed by atoms with Crippen LogP contribution in [0.3, 0.4) is 0 Å². The third-order valence-corrected chi connectivity index (χ3v) is 4.42. The van der Waals surface area contributed by atoms with Crippen LogP contribution in [0.4, 0.5) is 0 Å². The first-order valence-electron chi connectivity index (χ1n) is 5.61. The SMILES string of the molecule is NNC(Cc1ccc(Br)cn1)c1cc(Cl)ccc1I. The molecule has 2 aromatic rings. The number of pyridine rings is 1. The molecule has 0 saturated carbocycles. The predicted molar refractivity (Wildman–Crippen MR) is 89.9 cm³/mol. The van der Waals surface area contributed by atoms with Crippen LogP contribution in [-0.2, 0) is 6.42 Å². The van der Waals surface area contributed by atoms with Gasteiger partial charge in [-0.2, -0.15) is 0 Å². The summed E-state index contributed by atoms with van der Waals surface area (Å²) < 4.78 is 2.09. The first-order valence-corrected chi connectivity index (χ1v) is 7.86. The topological polar surface area (TPSA) is 50.9 Å². The summed E-state index contributed by atoms with van der Waals surface area (Å²) in [4.78, 5) is 4.37. The molecule has 1 aromatic heterocycles. The van der Waals surface area contributed by atoms with Crippen LogP contribution in [0.15, 0.2) is 41.0 Å². The summed E-state index contributed by atoms with van der Waals surface area (Å²) in [5, 5.41) is 0.708. The van der Waals surface area contributed by atoms with E-state index >= 15 is 0 Å². The van der Waals surface area contributed by atoms with Crippen LogP contribution in [0.25, 0.3) is 0 Å². The highest BCUT2D eigenvalue weighted by Crippen LogP contribution is 2.25. The van der Waals surface area contributed by atoms with Gasteiger partial charge in [-0.15, -0.1) is 0 Å². The van der Waals surface area contributed by atoms with Crippen molar-refractivity contribution in [1.29, 1.82) is 0 Å². The van der Waals surface area contributed by atoms with E-state index in [-0.39, 0.29) is 6.04 Å². The number of nitrogens with zero attached hydrogens (tertiary/aromatic N) is 1. The van der Waals surface area contributed by atoms with Gasteiger partial charge in [0.05, 0.1) is 6.04 Å². The third-order valence-electron chi connectivity index (χ3n) is 2.74. The lowest BCUT2D eigenvalue weighted by atomic mass is 10.0. The molecule has 1 atom stereocenters. The second kappa shape index (κ2) is 6.99. The van der Waals surface area contributed by atoms with Crippen LogP contribution in [0.2, 0.25) is 5.02 Å². The Morgan fingerprint density at radius 2 is 2.16 bits per heavy atom. The van der Waals surface area contributed by atoms with Gasteiger partial charge in [-0.05, 0) is 74.4 Å². The van der Waals surface area contributed by atoms with E-state index in [4.69, 9.17) is 17.4 Å². The molecule has 0 aliphatic rings. The first-order chi connectivity index (χ1) is 9.10. The van der Waals surface area contributed by atoms with Crippen molar-refractivity contribution in [2.45, 2.75) is 12.5 Å². The van der Waals surface area contributed by atoms with Crippen molar-refractivity contribution in [3.8, 4) is 0 Å². The third kappa shape index (κ3) is 4.13. The van der Waals surface area contributed by atoms with Crippen LogP contribution in [0.1, 0.15) is 17.3 Å². The van der Waals surface area contributed by atoms with Gasteiger partial charge in [-0.1, -0.05) is 11.6 Å². The molecular weight excluding hydrogens is 440 g/mol. The highest BCUT2D eigenvalue weighted by molar-refractivity contribution is 14.1. The molecule has 2 rings (SSSR count). The van der Waals surface area contributed by atoms with E-state index in [0.29, 0.717) is 11.4 Å². The number of benzene rings is 1. The van der Waals surface area contributed by atoms with Crippen LogP contribution in [0, 0.1) is 3.57 Å². The number of nitrogens with two attached hydrogens (primary N) is 1. The second-order valence-corrected chi connectivity index (χ2v) is 6.57. The predicted octanol–water partition coefficient (Wildman–Crippen LogP) is 3.85. The molecule has 0 aliphatic heterocycles. The maximum atomic E-state index is 6.05. The Balaban J connectivity index is 2.24. The summed E-state index contributed by atoms with van der Waals surface area (Å²) in [5.74, 6) is 5.67. The van der Waals surface area contributed by atoms with Crippen molar-refractivity contribution >= 4 is 50.1 Å².